The minimum Gasteiger partial charge on any atom is -0.370 e. The number of carbonyl (C=O) groups is 1. The Bertz CT molecular complexity index is 690. The van der Waals surface area contributed by atoms with Crippen LogP contribution in [-0.2, 0) is 4.79 Å². The summed E-state index contributed by atoms with van der Waals surface area (Å²) in [6.45, 7) is 9.62. The van der Waals surface area contributed by atoms with Crippen molar-refractivity contribution >= 4 is 17.5 Å². The zero-order chi connectivity index (χ0) is 19.4. The Hall–Kier alpha value is -1.78. The van der Waals surface area contributed by atoms with Crippen LogP contribution in [-0.4, -0.2) is 28.2 Å². The van der Waals surface area contributed by atoms with Gasteiger partial charge in [0.25, 0.3) is 0 Å². The zero-order valence-corrected chi connectivity index (χ0v) is 16.5. The van der Waals surface area contributed by atoms with Crippen LogP contribution in [0.5, 0.6) is 0 Å². The summed E-state index contributed by atoms with van der Waals surface area (Å²) in [5.41, 5.74) is 8.25. The average molecular weight is 377 g/mol. The number of rotatable bonds is 7. The Morgan fingerprint density at radius 3 is 2.77 bits per heavy atom. The molecule has 1 unspecified atom stereocenters. The Morgan fingerprint density at radius 1 is 1.50 bits per heavy atom. The van der Waals surface area contributed by atoms with E-state index in [-0.39, 0.29) is 24.3 Å². The maximum atomic E-state index is 11.6. The number of primary amides is 1. The minimum atomic E-state index is -0.791. The molecule has 4 atom stereocenters. The van der Waals surface area contributed by atoms with Crippen LogP contribution in [0.3, 0.4) is 0 Å². The van der Waals surface area contributed by atoms with Gasteiger partial charge in [-0.15, -0.1) is 0 Å². The monoisotopic (exact) mass is 376 g/mol. The average Bonchev–Trinajstić information content (AvgIpc) is 2.89. The van der Waals surface area contributed by atoms with Crippen LogP contribution in [0.1, 0.15) is 40.0 Å². The molecule has 0 aromatic rings. The maximum Gasteiger partial charge on any atom is 0.221 e. The fourth-order valence-corrected chi connectivity index (χ4v) is 3.99. The van der Waals surface area contributed by atoms with Crippen molar-refractivity contribution in [2.75, 3.05) is 0 Å². The van der Waals surface area contributed by atoms with Crippen molar-refractivity contribution in [2.45, 2.75) is 52.3 Å². The lowest BCUT2D eigenvalue weighted by atomic mass is 9.78. The van der Waals surface area contributed by atoms with Gasteiger partial charge in [0.05, 0.1) is 6.04 Å². The summed E-state index contributed by atoms with van der Waals surface area (Å²) in [6, 6.07) is 0.0457. The fraction of sp³-hybridized carbons (Fsp3) is 0.476. The number of nitrogens with zero attached hydrogens (tertiary/aromatic N) is 1. The third kappa shape index (κ3) is 4.30. The van der Waals surface area contributed by atoms with Gasteiger partial charge in [-0.05, 0) is 49.8 Å². The SMILES string of the molecule is C=C/C(Cl)=C\C=C(/C)[C@H](O)N1C(C)=C(CC(N)=O)C2C[C@H](CC)C=C[C@@H]21. The van der Waals surface area contributed by atoms with Crippen molar-refractivity contribution < 1.29 is 9.90 Å². The zero-order valence-electron chi connectivity index (χ0n) is 15.8. The number of halogens is 1. The van der Waals surface area contributed by atoms with E-state index in [1.54, 1.807) is 18.2 Å². The summed E-state index contributed by atoms with van der Waals surface area (Å²) in [6.07, 6.45) is 11.0. The molecule has 0 aromatic heterocycles. The molecule has 0 saturated carbocycles. The van der Waals surface area contributed by atoms with Gasteiger partial charge in [-0.2, -0.15) is 0 Å². The van der Waals surface area contributed by atoms with Gasteiger partial charge in [-0.25, -0.2) is 0 Å². The molecule has 0 saturated heterocycles. The predicted octanol–water partition coefficient (Wildman–Crippen LogP) is 4.00. The van der Waals surface area contributed by atoms with Crippen LogP contribution in [0.2, 0.25) is 0 Å². The Kier molecular flexibility index (Phi) is 6.90. The molecule has 4 nitrogen and oxygen atoms in total. The Labute approximate surface area is 161 Å². The highest BCUT2D eigenvalue weighted by Gasteiger charge is 2.42. The summed E-state index contributed by atoms with van der Waals surface area (Å²) in [5.74, 6) is 0.382. The van der Waals surface area contributed by atoms with E-state index < -0.39 is 6.23 Å². The van der Waals surface area contributed by atoms with Crippen LogP contribution in [0.25, 0.3) is 0 Å². The molecule has 3 N–H and O–H groups in total. The second-order valence-corrected chi connectivity index (χ2v) is 7.52. The van der Waals surface area contributed by atoms with Crippen LogP contribution >= 0.6 is 11.6 Å². The van der Waals surface area contributed by atoms with Gasteiger partial charge in [0.1, 0.15) is 6.23 Å². The third-order valence-corrected chi connectivity index (χ3v) is 5.71. The summed E-state index contributed by atoms with van der Waals surface area (Å²) in [7, 11) is 0. The van der Waals surface area contributed by atoms with Gasteiger partial charge in [-0.1, -0.05) is 49.4 Å². The highest BCUT2D eigenvalue weighted by atomic mass is 35.5. The fourth-order valence-electron chi connectivity index (χ4n) is 3.92. The molecule has 1 aliphatic carbocycles. The first-order valence-corrected chi connectivity index (χ1v) is 9.47. The molecule has 2 rings (SSSR count). The molecule has 26 heavy (non-hydrogen) atoms. The number of carbonyl (C=O) groups excluding carboxylic acids is 1. The van der Waals surface area contributed by atoms with Gasteiger partial charge in [0, 0.05) is 23.1 Å². The molecule has 1 heterocycles. The second kappa shape index (κ2) is 8.74. The van der Waals surface area contributed by atoms with Gasteiger partial charge in [-0.3, -0.25) is 4.79 Å². The van der Waals surface area contributed by atoms with Gasteiger partial charge in [0.15, 0.2) is 0 Å². The van der Waals surface area contributed by atoms with Crippen LogP contribution < -0.4 is 5.73 Å². The number of hydrogen-bond donors (Lipinski definition) is 2. The van der Waals surface area contributed by atoms with E-state index in [4.69, 9.17) is 17.3 Å². The van der Waals surface area contributed by atoms with Crippen molar-refractivity contribution in [1.29, 1.82) is 0 Å². The van der Waals surface area contributed by atoms with Crippen LogP contribution in [0, 0.1) is 11.8 Å². The summed E-state index contributed by atoms with van der Waals surface area (Å²) >= 11 is 5.96. The second-order valence-electron chi connectivity index (χ2n) is 7.09. The van der Waals surface area contributed by atoms with E-state index in [1.165, 1.54) is 0 Å². The number of fused-ring (bicyclic) bond motifs is 1. The quantitative estimate of drug-likeness (QED) is 0.521. The lowest BCUT2D eigenvalue weighted by Gasteiger charge is -2.37. The normalized spacial score (nSPS) is 27.6. The van der Waals surface area contributed by atoms with Crippen molar-refractivity contribution in [3.05, 3.63) is 58.8 Å². The van der Waals surface area contributed by atoms with Crippen LogP contribution in [0.4, 0.5) is 0 Å². The van der Waals surface area contributed by atoms with Gasteiger partial charge >= 0.3 is 0 Å². The lowest BCUT2D eigenvalue weighted by Crippen LogP contribution is -2.42. The van der Waals surface area contributed by atoms with Crippen molar-refractivity contribution in [3.8, 4) is 0 Å². The molecule has 2 aliphatic rings. The van der Waals surface area contributed by atoms with E-state index in [0.717, 1.165) is 29.7 Å². The first-order chi connectivity index (χ1) is 12.3. The summed E-state index contributed by atoms with van der Waals surface area (Å²) < 4.78 is 0. The first kappa shape index (κ1) is 20.5. The molecular formula is C21H29ClN2O2. The van der Waals surface area contributed by atoms with Crippen LogP contribution in [0.15, 0.2) is 58.8 Å². The molecular weight excluding hydrogens is 348 g/mol. The van der Waals surface area contributed by atoms with E-state index in [1.807, 2.05) is 18.7 Å². The van der Waals surface area contributed by atoms with E-state index >= 15 is 0 Å². The van der Waals surface area contributed by atoms with E-state index in [9.17, 15) is 9.90 Å². The Morgan fingerprint density at radius 2 is 2.19 bits per heavy atom. The molecule has 0 fully saturated rings. The molecule has 0 bridgehead atoms. The summed E-state index contributed by atoms with van der Waals surface area (Å²) in [5, 5.41) is 11.5. The highest BCUT2D eigenvalue weighted by Crippen LogP contribution is 2.44. The summed E-state index contributed by atoms with van der Waals surface area (Å²) in [4.78, 5) is 13.6. The molecule has 1 amide bonds. The molecule has 0 aromatic carbocycles. The van der Waals surface area contributed by atoms with Gasteiger partial charge < -0.3 is 15.7 Å². The Balaban J connectivity index is 2.37. The molecule has 5 heteroatoms. The predicted molar refractivity (Wildman–Crippen MR) is 107 cm³/mol. The first-order valence-electron chi connectivity index (χ1n) is 9.09. The third-order valence-electron chi connectivity index (χ3n) is 5.43. The lowest BCUT2D eigenvalue weighted by molar-refractivity contribution is -0.117. The van der Waals surface area contributed by atoms with E-state index in [0.29, 0.717) is 11.0 Å². The minimum absolute atomic E-state index is 0.0457. The molecule has 0 radical (unpaired) electrons. The smallest absolute Gasteiger partial charge is 0.221 e. The molecule has 0 spiro atoms. The largest absolute Gasteiger partial charge is 0.370 e. The van der Waals surface area contributed by atoms with Crippen molar-refractivity contribution in [1.82, 2.24) is 4.90 Å². The van der Waals surface area contributed by atoms with Gasteiger partial charge in [0.2, 0.25) is 5.91 Å². The number of allylic oxidation sites excluding steroid dienone is 6. The van der Waals surface area contributed by atoms with Crippen molar-refractivity contribution in [2.24, 2.45) is 17.6 Å². The molecule has 1 aliphatic heterocycles. The number of aliphatic hydroxyl groups is 1. The number of amides is 1. The van der Waals surface area contributed by atoms with E-state index in [2.05, 4.69) is 25.7 Å². The number of nitrogens with two attached hydrogens (primary N) is 1. The number of hydrogen-bond acceptors (Lipinski definition) is 3. The number of aliphatic hydroxyl groups excluding tert-OH is 1. The van der Waals surface area contributed by atoms with Crippen molar-refractivity contribution in [3.63, 3.8) is 0 Å². The molecule has 142 valence electrons. The topological polar surface area (TPSA) is 66.6 Å². The maximum absolute atomic E-state index is 11.6. The standard InChI is InChI=1S/C21H29ClN2O2/c1-5-15-8-10-19-18(11-15)17(12-20(23)25)14(4)24(19)21(26)13(3)7-9-16(22)6-2/h6-10,15,18-19,21,26H,2,5,11-12H2,1,3-4H3,(H2,23,25)/b13-7+,16-9+/t15-,18?,19+,21+/m1/s1. The highest BCUT2D eigenvalue weighted by molar-refractivity contribution is 6.31.